The molecule has 1 N–H and O–H groups in total. The Morgan fingerprint density at radius 1 is 1.00 bits per heavy atom. The Morgan fingerprint density at radius 3 is 2.47 bits per heavy atom. The predicted molar refractivity (Wildman–Crippen MR) is 127 cm³/mol. The summed E-state index contributed by atoms with van der Waals surface area (Å²) in [5.41, 5.74) is 3.50. The van der Waals surface area contributed by atoms with Gasteiger partial charge in [0.25, 0.3) is 0 Å². The summed E-state index contributed by atoms with van der Waals surface area (Å²) in [7, 11) is 4.07. The van der Waals surface area contributed by atoms with Gasteiger partial charge < -0.3 is 15.1 Å². The third-order valence-corrected chi connectivity index (χ3v) is 5.52. The minimum Gasteiger partial charge on any atom is -0.353 e. The van der Waals surface area contributed by atoms with Crippen LogP contribution in [0.25, 0.3) is 17.3 Å². The molecule has 2 heterocycles. The second-order valence-corrected chi connectivity index (χ2v) is 8.12. The molecule has 2 aromatic carbocycles. The van der Waals surface area contributed by atoms with Crippen LogP contribution in [0, 0.1) is 0 Å². The van der Waals surface area contributed by atoms with E-state index in [-0.39, 0.29) is 0 Å². The van der Waals surface area contributed by atoms with Crippen molar-refractivity contribution >= 4 is 46.7 Å². The lowest BCUT2D eigenvalue weighted by Crippen LogP contribution is -2.25. The van der Waals surface area contributed by atoms with Crippen molar-refractivity contribution in [2.45, 2.75) is 0 Å². The molecule has 30 heavy (non-hydrogen) atoms. The first-order valence-corrected chi connectivity index (χ1v) is 10.5. The Morgan fingerprint density at radius 2 is 1.73 bits per heavy atom. The fourth-order valence-electron chi connectivity index (χ4n) is 3.39. The summed E-state index contributed by atoms with van der Waals surface area (Å²) in [6.07, 6.45) is 4.15. The number of nitrogens with one attached hydrogen (secondary N) is 1. The third-order valence-electron chi connectivity index (χ3n) is 4.87. The highest BCUT2D eigenvalue weighted by atomic mass is 35.5. The molecule has 0 saturated heterocycles. The number of rotatable bonds is 6. The van der Waals surface area contributed by atoms with Crippen LogP contribution in [0.2, 0.25) is 10.0 Å². The number of halogens is 2. The van der Waals surface area contributed by atoms with Crippen molar-refractivity contribution in [2.24, 2.45) is 0 Å². The van der Waals surface area contributed by atoms with Gasteiger partial charge in [0.2, 0.25) is 5.95 Å². The van der Waals surface area contributed by atoms with E-state index in [1.807, 2.05) is 62.6 Å². The van der Waals surface area contributed by atoms with Gasteiger partial charge in [-0.1, -0.05) is 65.7 Å². The molecule has 0 amide bonds. The summed E-state index contributed by atoms with van der Waals surface area (Å²) in [6, 6.07) is 15.5. The zero-order valence-corrected chi connectivity index (χ0v) is 18.5. The molecule has 0 atom stereocenters. The second-order valence-electron chi connectivity index (χ2n) is 7.31. The lowest BCUT2D eigenvalue weighted by molar-refractivity contribution is 0.425. The van der Waals surface area contributed by atoms with E-state index >= 15 is 0 Å². The van der Waals surface area contributed by atoms with Gasteiger partial charge in [0.15, 0.2) is 0 Å². The van der Waals surface area contributed by atoms with Crippen LogP contribution in [0.1, 0.15) is 5.56 Å². The topological polar surface area (TPSA) is 44.3 Å². The van der Waals surface area contributed by atoms with E-state index in [0.29, 0.717) is 22.5 Å². The normalized spacial score (nSPS) is 12.9. The molecule has 0 bridgehead atoms. The van der Waals surface area contributed by atoms with Crippen LogP contribution >= 0.6 is 23.2 Å². The molecule has 5 nitrogen and oxygen atoms in total. The summed E-state index contributed by atoms with van der Waals surface area (Å²) in [5.74, 6) is 1.38. The van der Waals surface area contributed by atoms with Crippen LogP contribution in [0.4, 0.5) is 17.5 Å². The van der Waals surface area contributed by atoms with Crippen LogP contribution in [0.5, 0.6) is 0 Å². The molecule has 0 fully saturated rings. The minimum atomic E-state index is 0.567. The monoisotopic (exact) mass is 439 g/mol. The molecule has 3 aromatic rings. The molecular formula is C23H23Cl2N5. The molecule has 0 spiro atoms. The average Bonchev–Trinajstić information content (AvgIpc) is 2.73. The van der Waals surface area contributed by atoms with Crippen molar-refractivity contribution in [3.05, 3.63) is 70.2 Å². The molecule has 1 aliphatic heterocycles. The van der Waals surface area contributed by atoms with Gasteiger partial charge in [0.05, 0.1) is 16.4 Å². The van der Waals surface area contributed by atoms with Crippen molar-refractivity contribution in [1.82, 2.24) is 14.9 Å². The van der Waals surface area contributed by atoms with Crippen LogP contribution in [0.3, 0.4) is 0 Å². The molecule has 0 radical (unpaired) electrons. The first kappa shape index (κ1) is 20.7. The summed E-state index contributed by atoms with van der Waals surface area (Å²) in [6.45, 7) is 2.28. The van der Waals surface area contributed by atoms with Crippen molar-refractivity contribution in [3.8, 4) is 11.3 Å². The standard InChI is InChI=1S/C23H23Cl2N5/c1-29(2)15-13-26-23-27-21(16-8-3-4-10-18(16)24)17-9-7-14-30(22(17)28-23)20-12-6-5-11-19(20)25/h3-12H,13-15H2,1-2H3,(H,26,27,28). The van der Waals surface area contributed by atoms with E-state index in [4.69, 9.17) is 33.2 Å². The lowest BCUT2D eigenvalue weighted by Gasteiger charge is -2.29. The van der Waals surface area contributed by atoms with Gasteiger partial charge in [0.1, 0.15) is 5.82 Å². The molecule has 0 saturated carbocycles. The Balaban J connectivity index is 1.85. The van der Waals surface area contributed by atoms with Crippen molar-refractivity contribution in [1.29, 1.82) is 0 Å². The number of hydrogen-bond donors (Lipinski definition) is 1. The number of fused-ring (bicyclic) bond motifs is 1. The third kappa shape index (κ3) is 4.29. The number of hydrogen-bond acceptors (Lipinski definition) is 5. The zero-order valence-electron chi connectivity index (χ0n) is 16.9. The van der Waals surface area contributed by atoms with E-state index in [9.17, 15) is 0 Å². The molecule has 0 unspecified atom stereocenters. The van der Waals surface area contributed by atoms with Gasteiger partial charge in [0, 0.05) is 35.8 Å². The number of benzene rings is 2. The Bertz CT molecular complexity index is 1080. The molecule has 0 aliphatic carbocycles. The van der Waals surface area contributed by atoms with Crippen LogP contribution < -0.4 is 10.2 Å². The van der Waals surface area contributed by atoms with Gasteiger partial charge in [-0.25, -0.2) is 4.98 Å². The molecule has 1 aromatic heterocycles. The van der Waals surface area contributed by atoms with Gasteiger partial charge in [-0.2, -0.15) is 4.98 Å². The Hall–Kier alpha value is -2.60. The van der Waals surface area contributed by atoms with Gasteiger partial charge in [-0.3, -0.25) is 0 Å². The maximum Gasteiger partial charge on any atom is 0.225 e. The number of para-hydroxylation sites is 1. The SMILES string of the molecule is CN(C)CCNc1nc(-c2ccccc2Cl)c2c(n1)N(c1ccccc1Cl)CC=C2. The maximum absolute atomic E-state index is 6.53. The Kier molecular flexibility index (Phi) is 6.23. The minimum absolute atomic E-state index is 0.567. The van der Waals surface area contributed by atoms with E-state index in [1.165, 1.54) is 0 Å². The van der Waals surface area contributed by atoms with E-state index in [1.54, 1.807) is 0 Å². The van der Waals surface area contributed by atoms with Gasteiger partial charge in [-0.05, 0) is 32.3 Å². The van der Waals surface area contributed by atoms with Gasteiger partial charge in [-0.15, -0.1) is 0 Å². The van der Waals surface area contributed by atoms with Crippen molar-refractivity contribution < 1.29 is 0 Å². The zero-order chi connectivity index (χ0) is 21.1. The largest absolute Gasteiger partial charge is 0.353 e. The van der Waals surface area contributed by atoms with E-state index in [2.05, 4.69) is 27.3 Å². The number of aromatic nitrogens is 2. The summed E-state index contributed by atoms with van der Waals surface area (Å²) >= 11 is 13.0. The molecular weight excluding hydrogens is 417 g/mol. The summed E-state index contributed by atoms with van der Waals surface area (Å²) in [4.78, 5) is 13.9. The fourth-order valence-corrected chi connectivity index (χ4v) is 3.85. The summed E-state index contributed by atoms with van der Waals surface area (Å²) < 4.78 is 0. The molecule has 4 rings (SSSR count). The highest BCUT2D eigenvalue weighted by molar-refractivity contribution is 6.34. The maximum atomic E-state index is 6.53. The van der Waals surface area contributed by atoms with Crippen LogP contribution in [-0.2, 0) is 0 Å². The summed E-state index contributed by atoms with van der Waals surface area (Å²) in [5, 5.41) is 4.68. The Labute approximate surface area is 187 Å². The highest BCUT2D eigenvalue weighted by Crippen LogP contribution is 2.40. The van der Waals surface area contributed by atoms with Crippen LogP contribution in [0.15, 0.2) is 54.6 Å². The number of likely N-dealkylation sites (N-methyl/N-ethyl adjacent to an activating group) is 1. The van der Waals surface area contributed by atoms with Crippen LogP contribution in [-0.4, -0.2) is 48.6 Å². The fraction of sp³-hybridized carbons (Fsp3) is 0.217. The molecule has 7 heteroatoms. The predicted octanol–water partition coefficient (Wildman–Crippen LogP) is 5.59. The molecule has 154 valence electrons. The number of anilines is 3. The lowest BCUT2D eigenvalue weighted by atomic mass is 10.0. The quantitative estimate of drug-likeness (QED) is 0.542. The molecule has 1 aliphatic rings. The first-order valence-electron chi connectivity index (χ1n) is 9.78. The first-order chi connectivity index (χ1) is 14.5. The average molecular weight is 440 g/mol. The van der Waals surface area contributed by atoms with Crippen molar-refractivity contribution in [3.63, 3.8) is 0 Å². The van der Waals surface area contributed by atoms with E-state index < -0.39 is 0 Å². The van der Waals surface area contributed by atoms with Crippen molar-refractivity contribution in [2.75, 3.05) is 43.9 Å². The number of nitrogens with zero attached hydrogens (tertiary/aromatic N) is 4. The second kappa shape index (κ2) is 9.04. The van der Waals surface area contributed by atoms with E-state index in [0.717, 1.165) is 41.4 Å². The van der Waals surface area contributed by atoms with Gasteiger partial charge >= 0.3 is 0 Å². The smallest absolute Gasteiger partial charge is 0.225 e. The highest BCUT2D eigenvalue weighted by Gasteiger charge is 2.24.